The summed E-state index contributed by atoms with van der Waals surface area (Å²) in [7, 11) is 3.88. The van der Waals surface area contributed by atoms with Crippen LogP contribution in [0, 0.1) is 5.82 Å². The molecule has 0 aliphatic carbocycles. The number of hydrogen-bond donors (Lipinski definition) is 4. The van der Waals surface area contributed by atoms with E-state index in [-0.39, 0.29) is 11.6 Å². The van der Waals surface area contributed by atoms with Crippen LogP contribution in [0.1, 0.15) is 15.9 Å². The quantitative estimate of drug-likeness (QED) is 0.143. The molecular weight excluding hydrogens is 576 g/mol. The molecule has 3 amide bonds. The van der Waals surface area contributed by atoms with Gasteiger partial charge in [-0.25, -0.2) is 14.2 Å². The Labute approximate surface area is 250 Å². The molecule has 12 heteroatoms. The number of nitrogens with one attached hydrogen (secondary N) is 4. The van der Waals surface area contributed by atoms with E-state index < -0.39 is 23.6 Å². The van der Waals surface area contributed by atoms with E-state index in [1.165, 1.54) is 0 Å². The second-order valence-electron chi connectivity index (χ2n) is 10.3. The van der Waals surface area contributed by atoms with Crippen molar-refractivity contribution in [3.05, 3.63) is 102 Å². The molecule has 0 fully saturated rings. The molecule has 2 heterocycles. The van der Waals surface area contributed by atoms with E-state index in [9.17, 15) is 27.2 Å². The highest BCUT2D eigenvalue weighted by Gasteiger charge is 2.31. The highest BCUT2D eigenvalue weighted by Crippen LogP contribution is 2.33. The Bertz CT molecular complexity index is 1820. The van der Waals surface area contributed by atoms with E-state index in [4.69, 9.17) is 0 Å². The van der Waals surface area contributed by atoms with Crippen molar-refractivity contribution < 1.29 is 27.2 Å². The van der Waals surface area contributed by atoms with Gasteiger partial charge in [-0.15, -0.1) is 0 Å². The lowest BCUT2D eigenvalue weighted by molar-refractivity contribution is -0.137. The minimum atomic E-state index is -4.70. The first-order valence-corrected chi connectivity index (χ1v) is 13.5. The maximum atomic E-state index is 14.2. The van der Waals surface area contributed by atoms with Crippen LogP contribution in [0.25, 0.3) is 33.3 Å². The van der Waals surface area contributed by atoms with E-state index in [1.54, 1.807) is 42.7 Å². The summed E-state index contributed by atoms with van der Waals surface area (Å²) in [5.74, 6) is -1.35. The third kappa shape index (κ3) is 7.04. The Hall–Kier alpha value is -5.23. The molecule has 226 valence electrons. The Morgan fingerprint density at radius 2 is 1.68 bits per heavy atom. The second-order valence-corrected chi connectivity index (χ2v) is 10.3. The topological polar surface area (TPSA) is 102 Å². The number of hydrogen-bond acceptors (Lipinski definition) is 4. The number of nitrogens with zero attached hydrogens (tertiary/aromatic N) is 2. The SMILES string of the molecule is CN(C)CCNC(=O)c1ccc(-c2cnc3[nH]cc(-c4cccc(NC(=O)Nc5ccc(C(F)(F)F)cc5F)c4)c3c2)cc1. The van der Waals surface area contributed by atoms with Crippen LogP contribution in [0.15, 0.2) is 85.2 Å². The third-order valence-corrected chi connectivity index (χ3v) is 6.83. The third-order valence-electron chi connectivity index (χ3n) is 6.83. The molecule has 0 saturated heterocycles. The van der Waals surface area contributed by atoms with Crippen molar-refractivity contribution in [2.45, 2.75) is 6.18 Å². The van der Waals surface area contributed by atoms with Gasteiger partial charge in [-0.1, -0.05) is 24.3 Å². The van der Waals surface area contributed by atoms with Gasteiger partial charge in [0, 0.05) is 53.2 Å². The summed E-state index contributed by atoms with van der Waals surface area (Å²) in [4.78, 5) is 34.6. The number of aromatic amines is 1. The molecule has 0 radical (unpaired) electrons. The van der Waals surface area contributed by atoms with Crippen LogP contribution in [0.2, 0.25) is 0 Å². The first kappa shape index (κ1) is 30.2. The van der Waals surface area contributed by atoms with Crippen LogP contribution in [-0.2, 0) is 6.18 Å². The van der Waals surface area contributed by atoms with Gasteiger partial charge >= 0.3 is 12.2 Å². The predicted molar refractivity (Wildman–Crippen MR) is 162 cm³/mol. The lowest BCUT2D eigenvalue weighted by Crippen LogP contribution is -2.31. The number of amides is 3. The van der Waals surface area contributed by atoms with E-state index in [2.05, 4.69) is 25.9 Å². The van der Waals surface area contributed by atoms with Crippen LogP contribution in [0.4, 0.5) is 33.7 Å². The molecule has 0 saturated carbocycles. The van der Waals surface area contributed by atoms with E-state index >= 15 is 0 Å². The molecule has 5 rings (SSSR count). The molecule has 3 aromatic carbocycles. The van der Waals surface area contributed by atoms with Gasteiger partial charge in [0.2, 0.25) is 0 Å². The predicted octanol–water partition coefficient (Wildman–Crippen LogP) is 6.99. The number of carbonyl (C=O) groups is 2. The van der Waals surface area contributed by atoms with E-state index in [0.29, 0.717) is 35.6 Å². The van der Waals surface area contributed by atoms with Crippen molar-refractivity contribution in [1.29, 1.82) is 0 Å². The Balaban J connectivity index is 1.31. The highest BCUT2D eigenvalue weighted by atomic mass is 19.4. The average Bonchev–Trinajstić information content (AvgIpc) is 3.41. The normalized spacial score (nSPS) is 11.5. The summed E-state index contributed by atoms with van der Waals surface area (Å²) in [6.45, 7) is 1.28. The summed E-state index contributed by atoms with van der Waals surface area (Å²) in [6.07, 6.45) is -1.17. The van der Waals surface area contributed by atoms with Crippen molar-refractivity contribution in [2.24, 2.45) is 0 Å². The summed E-state index contributed by atoms with van der Waals surface area (Å²) in [5.41, 5.74) is 3.31. The Morgan fingerprint density at radius 1 is 0.909 bits per heavy atom. The standard InChI is InChI=1S/C32H28F4N6O2/c1-42(2)13-12-37-30(43)20-8-6-19(7-9-20)22-15-25-26(18-39-29(25)38-17-22)21-4-3-5-24(14-21)40-31(44)41-28-11-10-23(16-27(28)33)32(34,35)36/h3-11,14-18H,12-13H2,1-2H3,(H,37,43)(H,38,39)(H2,40,41,44). The maximum absolute atomic E-state index is 14.2. The fourth-order valence-electron chi connectivity index (χ4n) is 4.55. The van der Waals surface area contributed by atoms with Crippen molar-refractivity contribution in [1.82, 2.24) is 20.2 Å². The molecule has 0 aliphatic rings. The molecule has 4 N–H and O–H groups in total. The number of alkyl halides is 3. The number of pyridine rings is 1. The van der Waals surface area contributed by atoms with E-state index in [1.807, 2.05) is 43.3 Å². The van der Waals surface area contributed by atoms with Gasteiger partial charge in [-0.05, 0) is 73.8 Å². The summed E-state index contributed by atoms with van der Waals surface area (Å²) in [5, 5.41) is 8.53. The molecule has 0 unspecified atom stereocenters. The van der Waals surface area contributed by atoms with Gasteiger partial charge in [0.05, 0.1) is 11.3 Å². The lowest BCUT2D eigenvalue weighted by atomic mass is 10.0. The number of rotatable bonds is 8. The van der Waals surface area contributed by atoms with Gasteiger partial charge in [0.25, 0.3) is 5.91 Å². The van der Waals surface area contributed by atoms with Crippen molar-refractivity contribution in [3.8, 4) is 22.3 Å². The first-order valence-electron chi connectivity index (χ1n) is 13.5. The van der Waals surface area contributed by atoms with Crippen LogP contribution >= 0.6 is 0 Å². The van der Waals surface area contributed by atoms with E-state index in [0.717, 1.165) is 40.3 Å². The number of carbonyl (C=O) groups excluding carboxylic acids is 2. The zero-order valence-corrected chi connectivity index (χ0v) is 23.7. The number of urea groups is 1. The number of H-pyrrole nitrogens is 1. The number of likely N-dealkylation sites (N-methyl/N-ethyl adjacent to an activating group) is 1. The molecule has 8 nitrogen and oxygen atoms in total. The number of fused-ring (bicyclic) bond motifs is 1. The number of halogens is 4. The molecule has 5 aromatic rings. The van der Waals surface area contributed by atoms with Gasteiger partial charge in [-0.3, -0.25) is 4.79 Å². The second kappa shape index (κ2) is 12.6. The molecular formula is C32H28F4N6O2. The zero-order valence-electron chi connectivity index (χ0n) is 23.7. The Kier molecular flexibility index (Phi) is 8.63. The van der Waals surface area contributed by atoms with Crippen molar-refractivity contribution >= 4 is 34.3 Å². The molecule has 0 aliphatic heterocycles. The number of anilines is 2. The monoisotopic (exact) mass is 604 g/mol. The largest absolute Gasteiger partial charge is 0.416 e. The van der Waals surface area contributed by atoms with Gasteiger partial charge in [0.1, 0.15) is 11.5 Å². The maximum Gasteiger partial charge on any atom is 0.416 e. The smallest absolute Gasteiger partial charge is 0.351 e. The summed E-state index contributed by atoms with van der Waals surface area (Å²) >= 11 is 0. The van der Waals surface area contributed by atoms with Crippen LogP contribution in [0.3, 0.4) is 0 Å². The first-order chi connectivity index (χ1) is 21.0. The summed E-state index contributed by atoms with van der Waals surface area (Å²) < 4.78 is 52.6. The number of benzene rings is 3. The van der Waals surface area contributed by atoms with Crippen molar-refractivity contribution in [3.63, 3.8) is 0 Å². The van der Waals surface area contributed by atoms with Crippen LogP contribution < -0.4 is 16.0 Å². The molecule has 0 spiro atoms. The highest BCUT2D eigenvalue weighted by molar-refractivity contribution is 6.01. The van der Waals surface area contributed by atoms with Crippen LogP contribution in [-0.4, -0.2) is 54.0 Å². The van der Waals surface area contributed by atoms with Crippen LogP contribution in [0.5, 0.6) is 0 Å². The number of aromatic nitrogens is 2. The minimum absolute atomic E-state index is 0.147. The average molecular weight is 605 g/mol. The Morgan fingerprint density at radius 3 is 2.39 bits per heavy atom. The lowest BCUT2D eigenvalue weighted by Gasteiger charge is -2.12. The van der Waals surface area contributed by atoms with Gasteiger partial charge in [-0.2, -0.15) is 13.2 Å². The molecule has 44 heavy (non-hydrogen) atoms. The zero-order chi connectivity index (χ0) is 31.4. The van der Waals surface area contributed by atoms with Gasteiger partial charge in [0.15, 0.2) is 0 Å². The molecule has 2 aromatic heterocycles. The van der Waals surface area contributed by atoms with Gasteiger partial charge < -0.3 is 25.8 Å². The fourth-order valence-corrected chi connectivity index (χ4v) is 4.55. The summed E-state index contributed by atoms with van der Waals surface area (Å²) in [6, 6.07) is 17.2. The minimum Gasteiger partial charge on any atom is -0.351 e. The fraction of sp³-hybridized carbons (Fsp3) is 0.156. The molecule has 0 bridgehead atoms. The molecule has 0 atom stereocenters. The van der Waals surface area contributed by atoms with Crippen molar-refractivity contribution in [2.75, 3.05) is 37.8 Å².